The number of nitrogens with one attached hydrogen (secondary N) is 1. The Balaban J connectivity index is 0.000000115. The van der Waals surface area contributed by atoms with E-state index in [1.807, 2.05) is 36.7 Å². The molecule has 0 amide bonds. The molecule has 2 heteroatoms. The largest absolute Gasteiger partial charge is 0.368 e. The Morgan fingerprint density at radius 3 is 1.59 bits per heavy atom. The van der Waals surface area contributed by atoms with E-state index in [2.05, 4.69) is 10.2 Å². The van der Waals surface area contributed by atoms with Crippen LogP contribution in [0, 0.1) is 17.8 Å². The van der Waals surface area contributed by atoms with Gasteiger partial charge >= 0.3 is 0 Å². The van der Waals surface area contributed by atoms with Gasteiger partial charge in [0, 0.05) is 32.0 Å². The number of nitrogens with zero attached hydrogens (tertiary/aromatic N) is 1. The van der Waals surface area contributed by atoms with E-state index in [9.17, 15) is 0 Å². The zero-order valence-electron chi connectivity index (χ0n) is 10.4. The molecule has 0 atom stereocenters. The molecule has 4 heterocycles. The first kappa shape index (κ1) is 11.1. The fourth-order valence-corrected chi connectivity index (χ4v) is 3.88. The molecule has 0 aromatic heterocycles. The average Bonchev–Trinajstić information content (AvgIpc) is 2.59. The zero-order valence-corrected chi connectivity index (χ0v) is 10.4. The lowest BCUT2D eigenvalue weighted by atomic mass is 9.68. The Kier molecular flexibility index (Phi) is 3.32. The van der Waals surface area contributed by atoms with E-state index in [1.165, 1.54) is 19.6 Å². The van der Waals surface area contributed by atoms with Crippen molar-refractivity contribution in [2.24, 2.45) is 17.8 Å². The molecule has 2 nitrogen and oxygen atoms in total. The van der Waals surface area contributed by atoms with Crippen LogP contribution in [0.15, 0.2) is 36.7 Å². The number of rotatable bonds is 0. The van der Waals surface area contributed by atoms with Crippen molar-refractivity contribution in [2.45, 2.75) is 19.3 Å². The molecule has 4 fully saturated rings. The summed E-state index contributed by atoms with van der Waals surface area (Å²) in [5, 5.41) is 2.92. The number of hydrogen-bond donors (Lipinski definition) is 1. The van der Waals surface area contributed by atoms with Crippen LogP contribution in [0.2, 0.25) is 0 Å². The van der Waals surface area contributed by atoms with Crippen LogP contribution in [0.25, 0.3) is 0 Å². The highest BCUT2D eigenvalue weighted by atomic mass is 15.2. The molecule has 17 heavy (non-hydrogen) atoms. The highest BCUT2D eigenvalue weighted by Crippen LogP contribution is 2.42. The maximum Gasteiger partial charge on any atom is 0.00101 e. The average molecular weight is 230 g/mol. The number of piperidine rings is 3. The molecule has 0 aromatic rings. The second-order valence-corrected chi connectivity index (χ2v) is 5.79. The molecule has 5 rings (SSSR count). The molecule has 4 bridgehead atoms. The molecule has 0 unspecified atom stereocenters. The van der Waals surface area contributed by atoms with E-state index in [-0.39, 0.29) is 0 Å². The Morgan fingerprint density at radius 1 is 0.706 bits per heavy atom. The summed E-state index contributed by atoms with van der Waals surface area (Å²) in [5.41, 5.74) is 0. The summed E-state index contributed by atoms with van der Waals surface area (Å²) in [6, 6.07) is 0. The van der Waals surface area contributed by atoms with Crippen LogP contribution in [-0.4, -0.2) is 24.5 Å². The van der Waals surface area contributed by atoms with Crippen LogP contribution < -0.4 is 5.32 Å². The summed E-state index contributed by atoms with van der Waals surface area (Å²) in [4.78, 5) is 2.69. The van der Waals surface area contributed by atoms with Gasteiger partial charge in [-0.2, -0.15) is 0 Å². The highest BCUT2D eigenvalue weighted by molar-refractivity contribution is 5.14. The monoisotopic (exact) mass is 230 g/mol. The van der Waals surface area contributed by atoms with Gasteiger partial charge in [0.25, 0.3) is 0 Å². The zero-order chi connectivity index (χ0) is 11.5. The van der Waals surface area contributed by atoms with Gasteiger partial charge in [0.05, 0.1) is 0 Å². The fourth-order valence-electron chi connectivity index (χ4n) is 3.88. The van der Waals surface area contributed by atoms with Crippen molar-refractivity contribution in [3.05, 3.63) is 36.7 Å². The van der Waals surface area contributed by atoms with Gasteiger partial charge in [-0.25, -0.2) is 0 Å². The molecule has 0 aromatic carbocycles. The summed E-state index contributed by atoms with van der Waals surface area (Å²) in [7, 11) is 0. The molecule has 1 saturated carbocycles. The lowest BCUT2D eigenvalue weighted by molar-refractivity contribution is -0.0169. The van der Waals surface area contributed by atoms with Crippen LogP contribution in [0.4, 0.5) is 0 Å². The minimum absolute atomic E-state index is 1.10. The number of allylic oxidation sites excluding steroid dienone is 4. The van der Waals surface area contributed by atoms with Crippen LogP contribution in [-0.2, 0) is 0 Å². The molecule has 1 aliphatic carbocycles. The van der Waals surface area contributed by atoms with Gasteiger partial charge in [-0.3, -0.25) is 0 Å². The first-order chi connectivity index (χ1) is 8.40. The van der Waals surface area contributed by atoms with Crippen LogP contribution in [0.5, 0.6) is 0 Å². The van der Waals surface area contributed by atoms with Gasteiger partial charge in [-0.15, -0.1) is 0 Å². The molecule has 1 N–H and O–H groups in total. The normalized spacial score (nSPS) is 40.5. The summed E-state index contributed by atoms with van der Waals surface area (Å²) in [6.45, 7) is 4.31. The third kappa shape index (κ3) is 2.81. The second-order valence-electron chi connectivity index (χ2n) is 5.79. The Morgan fingerprint density at radius 2 is 1.18 bits per heavy atom. The van der Waals surface area contributed by atoms with E-state index < -0.39 is 0 Å². The Hall–Kier alpha value is -1.02. The van der Waals surface area contributed by atoms with Gasteiger partial charge < -0.3 is 10.2 Å². The fraction of sp³-hybridized carbons (Fsp3) is 0.600. The van der Waals surface area contributed by atoms with Crippen molar-refractivity contribution in [1.29, 1.82) is 0 Å². The van der Waals surface area contributed by atoms with Gasteiger partial charge in [0.2, 0.25) is 0 Å². The lowest BCUT2D eigenvalue weighted by Gasteiger charge is -2.51. The van der Waals surface area contributed by atoms with Crippen molar-refractivity contribution in [3.63, 3.8) is 0 Å². The predicted octanol–water partition coefficient (Wildman–Crippen LogP) is 2.52. The summed E-state index contributed by atoms with van der Waals surface area (Å²) >= 11 is 0. The van der Waals surface area contributed by atoms with Gasteiger partial charge in [0.1, 0.15) is 0 Å². The van der Waals surface area contributed by atoms with E-state index in [4.69, 9.17) is 0 Å². The smallest absolute Gasteiger partial charge is 0.00101 e. The van der Waals surface area contributed by atoms with E-state index >= 15 is 0 Å². The molecule has 0 spiro atoms. The van der Waals surface area contributed by atoms with Gasteiger partial charge in [0.15, 0.2) is 0 Å². The van der Waals surface area contributed by atoms with Gasteiger partial charge in [-0.05, 0) is 49.2 Å². The van der Waals surface area contributed by atoms with E-state index in [0.29, 0.717) is 0 Å². The quantitative estimate of drug-likeness (QED) is 0.688. The summed E-state index contributed by atoms with van der Waals surface area (Å²) in [5.74, 6) is 3.31. The lowest BCUT2D eigenvalue weighted by Crippen LogP contribution is -2.53. The van der Waals surface area contributed by atoms with Crippen molar-refractivity contribution in [2.75, 3.05) is 19.6 Å². The molecule has 0 radical (unpaired) electrons. The maximum absolute atomic E-state index is 2.92. The van der Waals surface area contributed by atoms with Gasteiger partial charge in [-0.1, -0.05) is 12.2 Å². The molecule has 3 saturated heterocycles. The first-order valence-electron chi connectivity index (χ1n) is 6.87. The van der Waals surface area contributed by atoms with Crippen molar-refractivity contribution in [3.8, 4) is 0 Å². The minimum atomic E-state index is 1.10. The second kappa shape index (κ2) is 5.09. The molecule has 4 aliphatic heterocycles. The van der Waals surface area contributed by atoms with Crippen LogP contribution in [0.1, 0.15) is 19.3 Å². The Bertz CT molecular complexity index is 270. The van der Waals surface area contributed by atoms with Crippen molar-refractivity contribution < 1.29 is 0 Å². The summed E-state index contributed by atoms with van der Waals surface area (Å²) < 4.78 is 0. The van der Waals surface area contributed by atoms with Crippen molar-refractivity contribution >= 4 is 0 Å². The highest BCUT2D eigenvalue weighted by Gasteiger charge is 2.40. The van der Waals surface area contributed by atoms with Crippen LogP contribution in [0.3, 0.4) is 0 Å². The summed E-state index contributed by atoms with van der Waals surface area (Å²) in [6.07, 6.45) is 16.3. The predicted molar refractivity (Wildman–Crippen MR) is 71.3 cm³/mol. The third-order valence-electron chi connectivity index (χ3n) is 4.27. The van der Waals surface area contributed by atoms with Crippen LogP contribution >= 0.6 is 0 Å². The number of hydrogen-bond acceptors (Lipinski definition) is 2. The SMILES string of the molecule is C1=CC=CNC=C1.C1C2CC3CC1CN(C2)C3. The maximum atomic E-state index is 2.92. The molecular formula is C15H22N2. The third-order valence-corrected chi connectivity index (χ3v) is 4.27. The minimum Gasteiger partial charge on any atom is -0.368 e. The topological polar surface area (TPSA) is 15.3 Å². The molecule has 92 valence electrons. The first-order valence-corrected chi connectivity index (χ1v) is 6.87. The van der Waals surface area contributed by atoms with E-state index in [0.717, 1.165) is 17.8 Å². The molecule has 5 aliphatic rings. The molecular weight excluding hydrogens is 208 g/mol. The van der Waals surface area contributed by atoms with E-state index in [1.54, 1.807) is 19.3 Å². The van der Waals surface area contributed by atoms with Crippen molar-refractivity contribution in [1.82, 2.24) is 10.2 Å². The Labute approximate surface area is 104 Å². The standard InChI is InChI=1S/C9H15N.C6H7N/c1-7-2-9-3-8(1)5-10(4-7)6-9;1-2-4-6-7-5-3-1/h7-9H,1-6H2;1-7H.